The van der Waals surface area contributed by atoms with Gasteiger partial charge in [-0.05, 0) is 24.5 Å². The van der Waals surface area contributed by atoms with E-state index in [9.17, 15) is 4.79 Å². The molecule has 2 heteroatoms. The van der Waals surface area contributed by atoms with Gasteiger partial charge in [0.25, 0.3) is 0 Å². The number of halogens is 1. The number of rotatable bonds is 3. The predicted octanol–water partition coefficient (Wildman–Crippen LogP) is 4.23. The highest BCUT2D eigenvalue weighted by atomic mass is 79.9. The van der Waals surface area contributed by atoms with Crippen LogP contribution in [-0.4, -0.2) is 5.78 Å². The molecule has 0 aliphatic heterocycles. The van der Waals surface area contributed by atoms with Gasteiger partial charge >= 0.3 is 0 Å². The predicted molar refractivity (Wildman–Crippen MR) is 67.2 cm³/mol. The van der Waals surface area contributed by atoms with Crippen LogP contribution < -0.4 is 0 Å². The van der Waals surface area contributed by atoms with E-state index in [2.05, 4.69) is 29.8 Å². The van der Waals surface area contributed by atoms with Crippen LogP contribution in [0, 0.1) is 18.8 Å². The van der Waals surface area contributed by atoms with Crippen molar-refractivity contribution in [1.82, 2.24) is 0 Å². The van der Waals surface area contributed by atoms with Crippen molar-refractivity contribution in [3.05, 3.63) is 33.8 Å². The average Bonchev–Trinajstić information content (AvgIpc) is 2.20. The second kappa shape index (κ2) is 4.93. The van der Waals surface area contributed by atoms with Gasteiger partial charge in [-0.2, -0.15) is 0 Å². The van der Waals surface area contributed by atoms with Crippen LogP contribution >= 0.6 is 15.9 Å². The molecule has 0 amide bonds. The lowest BCUT2D eigenvalue weighted by molar-refractivity contribution is 0.0899. The Morgan fingerprint density at radius 3 is 2.40 bits per heavy atom. The first-order valence-electron chi connectivity index (χ1n) is 5.24. The summed E-state index contributed by atoms with van der Waals surface area (Å²) >= 11 is 3.45. The largest absolute Gasteiger partial charge is 0.294 e. The Kier molecular flexibility index (Phi) is 4.09. The zero-order chi connectivity index (χ0) is 11.6. The summed E-state index contributed by atoms with van der Waals surface area (Å²) in [6.45, 7) is 8.13. The molecule has 82 valence electrons. The first-order chi connectivity index (χ1) is 6.95. The molecule has 1 atom stereocenters. The summed E-state index contributed by atoms with van der Waals surface area (Å²) in [6, 6.07) is 5.78. The molecule has 15 heavy (non-hydrogen) atoms. The van der Waals surface area contributed by atoms with E-state index >= 15 is 0 Å². The third-order valence-electron chi connectivity index (χ3n) is 2.95. The van der Waals surface area contributed by atoms with Gasteiger partial charge in [-0.15, -0.1) is 0 Å². The summed E-state index contributed by atoms with van der Waals surface area (Å²) < 4.78 is 1.00. The van der Waals surface area contributed by atoms with Crippen LogP contribution in [0.5, 0.6) is 0 Å². The number of hydrogen-bond acceptors (Lipinski definition) is 1. The van der Waals surface area contributed by atoms with Gasteiger partial charge in [-0.1, -0.05) is 48.8 Å². The van der Waals surface area contributed by atoms with E-state index < -0.39 is 0 Å². The zero-order valence-corrected chi connectivity index (χ0v) is 11.3. The summed E-state index contributed by atoms with van der Waals surface area (Å²) in [4.78, 5) is 12.1. The van der Waals surface area contributed by atoms with Gasteiger partial charge in [0.15, 0.2) is 5.78 Å². The first kappa shape index (κ1) is 12.4. The van der Waals surface area contributed by atoms with E-state index in [0.29, 0.717) is 5.92 Å². The van der Waals surface area contributed by atoms with Crippen LogP contribution in [0.2, 0.25) is 0 Å². The Bertz CT molecular complexity index is 369. The molecule has 1 rings (SSSR count). The van der Waals surface area contributed by atoms with Crippen molar-refractivity contribution >= 4 is 21.7 Å². The van der Waals surface area contributed by atoms with Crippen molar-refractivity contribution in [2.75, 3.05) is 0 Å². The molecular formula is C13H17BrO. The fourth-order valence-corrected chi connectivity index (χ4v) is 1.79. The third-order valence-corrected chi connectivity index (χ3v) is 3.81. The topological polar surface area (TPSA) is 17.1 Å². The lowest BCUT2D eigenvalue weighted by atomic mass is 9.88. The highest BCUT2D eigenvalue weighted by Gasteiger charge is 2.20. The molecule has 0 radical (unpaired) electrons. The molecule has 1 nitrogen and oxygen atoms in total. The number of carbonyl (C=O) groups is 1. The molecule has 0 saturated heterocycles. The summed E-state index contributed by atoms with van der Waals surface area (Å²) in [5, 5.41) is 0. The van der Waals surface area contributed by atoms with E-state index in [1.54, 1.807) is 0 Å². The zero-order valence-electron chi connectivity index (χ0n) is 9.67. The Morgan fingerprint density at radius 2 is 1.87 bits per heavy atom. The Hall–Kier alpha value is -0.630. The van der Waals surface area contributed by atoms with Crippen molar-refractivity contribution in [2.45, 2.75) is 27.7 Å². The second-order valence-electron chi connectivity index (χ2n) is 4.31. The highest BCUT2D eigenvalue weighted by Crippen LogP contribution is 2.24. The van der Waals surface area contributed by atoms with Crippen LogP contribution in [-0.2, 0) is 0 Å². The molecule has 0 aliphatic rings. The minimum Gasteiger partial charge on any atom is -0.294 e. The maximum absolute atomic E-state index is 12.1. The smallest absolute Gasteiger partial charge is 0.166 e. The Balaban J connectivity index is 3.07. The normalized spacial score (nSPS) is 12.9. The second-order valence-corrected chi connectivity index (χ2v) is 5.16. The molecule has 0 bridgehead atoms. The molecule has 1 unspecified atom stereocenters. The van der Waals surface area contributed by atoms with Crippen LogP contribution in [0.15, 0.2) is 22.7 Å². The number of Topliss-reactive ketones (excluding diaryl/α,β-unsaturated/α-hetero) is 1. The molecule has 0 heterocycles. The van der Waals surface area contributed by atoms with Crippen molar-refractivity contribution in [3.8, 4) is 0 Å². The standard InChI is InChI=1S/C13H17BrO/c1-8(2)9(3)13(15)11-6-5-7-12(14)10(11)4/h5-9H,1-4H3. The van der Waals surface area contributed by atoms with Gasteiger partial charge in [0, 0.05) is 16.0 Å². The van der Waals surface area contributed by atoms with Crippen molar-refractivity contribution in [3.63, 3.8) is 0 Å². The molecule has 0 spiro atoms. The van der Waals surface area contributed by atoms with Crippen molar-refractivity contribution in [1.29, 1.82) is 0 Å². The molecule has 0 aromatic heterocycles. The molecule has 0 saturated carbocycles. The van der Waals surface area contributed by atoms with Crippen LogP contribution in [0.1, 0.15) is 36.7 Å². The average molecular weight is 269 g/mol. The Morgan fingerprint density at radius 1 is 1.27 bits per heavy atom. The summed E-state index contributed by atoms with van der Waals surface area (Å²) in [6.07, 6.45) is 0. The fourth-order valence-electron chi connectivity index (χ4n) is 1.42. The third kappa shape index (κ3) is 2.69. The lowest BCUT2D eigenvalue weighted by Crippen LogP contribution is -2.18. The molecule has 1 aromatic carbocycles. The van der Waals surface area contributed by atoms with E-state index in [-0.39, 0.29) is 11.7 Å². The van der Waals surface area contributed by atoms with Crippen LogP contribution in [0.25, 0.3) is 0 Å². The van der Waals surface area contributed by atoms with Crippen LogP contribution in [0.4, 0.5) is 0 Å². The molecule has 0 fully saturated rings. The maximum Gasteiger partial charge on any atom is 0.166 e. The lowest BCUT2D eigenvalue weighted by Gasteiger charge is -2.16. The molecule has 0 N–H and O–H groups in total. The highest BCUT2D eigenvalue weighted by molar-refractivity contribution is 9.10. The van der Waals surface area contributed by atoms with Crippen molar-refractivity contribution in [2.24, 2.45) is 11.8 Å². The maximum atomic E-state index is 12.1. The quantitative estimate of drug-likeness (QED) is 0.750. The monoisotopic (exact) mass is 268 g/mol. The molecular weight excluding hydrogens is 252 g/mol. The fraction of sp³-hybridized carbons (Fsp3) is 0.462. The number of ketones is 1. The summed E-state index contributed by atoms with van der Waals surface area (Å²) in [5.74, 6) is 0.706. The first-order valence-corrected chi connectivity index (χ1v) is 6.03. The molecule has 0 aliphatic carbocycles. The van der Waals surface area contributed by atoms with Gasteiger partial charge < -0.3 is 0 Å². The molecule has 1 aromatic rings. The van der Waals surface area contributed by atoms with E-state index in [4.69, 9.17) is 0 Å². The van der Waals surface area contributed by atoms with Gasteiger partial charge in [-0.3, -0.25) is 4.79 Å². The number of benzene rings is 1. The SMILES string of the molecule is Cc1c(Br)cccc1C(=O)C(C)C(C)C. The minimum atomic E-state index is 0.0815. The summed E-state index contributed by atoms with van der Waals surface area (Å²) in [5.41, 5.74) is 1.88. The van der Waals surface area contributed by atoms with Gasteiger partial charge in [0.1, 0.15) is 0 Å². The van der Waals surface area contributed by atoms with Gasteiger partial charge in [0.05, 0.1) is 0 Å². The summed E-state index contributed by atoms with van der Waals surface area (Å²) in [7, 11) is 0. The minimum absolute atomic E-state index is 0.0815. The van der Waals surface area contributed by atoms with E-state index in [1.807, 2.05) is 32.0 Å². The number of hydrogen-bond donors (Lipinski definition) is 0. The Labute approximate surface area is 100 Å². The van der Waals surface area contributed by atoms with E-state index in [1.165, 1.54) is 0 Å². The van der Waals surface area contributed by atoms with Gasteiger partial charge in [0.2, 0.25) is 0 Å². The van der Waals surface area contributed by atoms with Crippen LogP contribution in [0.3, 0.4) is 0 Å². The number of carbonyl (C=O) groups excluding carboxylic acids is 1. The van der Waals surface area contributed by atoms with Gasteiger partial charge in [-0.25, -0.2) is 0 Å². The van der Waals surface area contributed by atoms with E-state index in [0.717, 1.165) is 15.6 Å². The van der Waals surface area contributed by atoms with Crippen molar-refractivity contribution < 1.29 is 4.79 Å².